The fraction of sp³-hybridized carbons (Fsp3) is 0.433. The number of fused-ring (bicyclic) bond motifs is 1. The zero-order valence-corrected chi connectivity index (χ0v) is 24.9. The topological polar surface area (TPSA) is 138 Å². The van der Waals surface area contributed by atoms with Crippen LogP contribution in [-0.2, 0) is 32.2 Å². The molecule has 12 nitrogen and oxygen atoms in total. The highest BCUT2D eigenvalue weighted by molar-refractivity contribution is 5.89. The Morgan fingerprint density at radius 1 is 0.952 bits per heavy atom. The van der Waals surface area contributed by atoms with Crippen LogP contribution < -0.4 is 16.1 Å². The van der Waals surface area contributed by atoms with Crippen molar-refractivity contribution in [2.45, 2.75) is 59.2 Å². The Hall–Kier alpha value is -4.13. The molecular formula is C30H41N7O5. The molecule has 0 spiro atoms. The molecule has 0 aliphatic heterocycles. The van der Waals surface area contributed by atoms with Gasteiger partial charge in [0.05, 0.1) is 18.1 Å². The molecule has 3 aromatic rings. The van der Waals surface area contributed by atoms with Crippen LogP contribution in [0.2, 0.25) is 0 Å². The van der Waals surface area contributed by atoms with Crippen LogP contribution in [0.4, 0.5) is 4.79 Å². The van der Waals surface area contributed by atoms with E-state index >= 15 is 0 Å². The summed E-state index contributed by atoms with van der Waals surface area (Å²) in [5, 5.41) is 7.78. The molecule has 4 amide bonds. The fourth-order valence-electron chi connectivity index (χ4n) is 4.45. The van der Waals surface area contributed by atoms with E-state index in [-0.39, 0.29) is 19.0 Å². The molecule has 2 aromatic heterocycles. The van der Waals surface area contributed by atoms with Crippen molar-refractivity contribution in [3.8, 4) is 0 Å². The first-order valence-corrected chi connectivity index (χ1v) is 14.0. The Morgan fingerprint density at radius 3 is 2.33 bits per heavy atom. The molecule has 3 rings (SSSR count). The summed E-state index contributed by atoms with van der Waals surface area (Å²) in [7, 11) is 1.56. The van der Waals surface area contributed by atoms with Gasteiger partial charge >= 0.3 is 6.03 Å². The summed E-state index contributed by atoms with van der Waals surface area (Å²) in [6.45, 7) is 8.44. The first-order valence-electron chi connectivity index (χ1n) is 14.0. The van der Waals surface area contributed by atoms with Crippen molar-refractivity contribution in [3.63, 3.8) is 0 Å². The third-order valence-corrected chi connectivity index (χ3v) is 6.51. The van der Waals surface area contributed by atoms with E-state index in [0.29, 0.717) is 19.8 Å². The van der Waals surface area contributed by atoms with Gasteiger partial charge in [0, 0.05) is 57.3 Å². The largest absolute Gasteiger partial charge is 0.351 e. The number of urea groups is 1. The predicted octanol–water partition coefficient (Wildman–Crippen LogP) is 2.60. The van der Waals surface area contributed by atoms with E-state index in [1.807, 2.05) is 51.1 Å². The van der Waals surface area contributed by atoms with Gasteiger partial charge in [-0.05, 0) is 57.0 Å². The Labute approximate surface area is 246 Å². The van der Waals surface area contributed by atoms with Gasteiger partial charge in [0.15, 0.2) is 6.29 Å². The first-order chi connectivity index (χ1) is 20.2. The SMILES string of the molecule is CCOC(OCC)[C@H](C)N(Cc1cccc2cccnc12)C(=O)[C@H](C)NC(=O)CN(C)NC(=O)NCc1ccncc1. The highest BCUT2D eigenvalue weighted by atomic mass is 16.7. The molecule has 0 aliphatic rings. The van der Waals surface area contributed by atoms with Crippen LogP contribution in [0.25, 0.3) is 10.9 Å². The zero-order chi connectivity index (χ0) is 30.5. The van der Waals surface area contributed by atoms with Crippen molar-refractivity contribution >= 4 is 28.7 Å². The molecule has 3 N–H and O–H groups in total. The maximum atomic E-state index is 13.8. The number of benzene rings is 1. The minimum Gasteiger partial charge on any atom is -0.351 e. The maximum Gasteiger partial charge on any atom is 0.329 e. The van der Waals surface area contributed by atoms with Gasteiger partial charge in [-0.25, -0.2) is 9.80 Å². The van der Waals surface area contributed by atoms with Gasteiger partial charge in [-0.1, -0.05) is 24.3 Å². The summed E-state index contributed by atoms with van der Waals surface area (Å²) in [6, 6.07) is 11.5. The van der Waals surface area contributed by atoms with Crippen molar-refractivity contribution < 1.29 is 23.9 Å². The molecule has 0 bridgehead atoms. The minimum atomic E-state index is -0.860. The summed E-state index contributed by atoms with van der Waals surface area (Å²) >= 11 is 0. The van der Waals surface area contributed by atoms with Gasteiger partial charge in [0.25, 0.3) is 0 Å². The van der Waals surface area contributed by atoms with Crippen LogP contribution in [0.5, 0.6) is 0 Å². The highest BCUT2D eigenvalue weighted by Gasteiger charge is 2.32. The van der Waals surface area contributed by atoms with E-state index in [1.165, 1.54) is 5.01 Å². The number of hydrazine groups is 1. The van der Waals surface area contributed by atoms with Gasteiger partial charge < -0.3 is 25.0 Å². The molecule has 1 aromatic carbocycles. The molecular weight excluding hydrogens is 538 g/mol. The normalized spacial score (nSPS) is 12.6. The number of hydrogen-bond donors (Lipinski definition) is 3. The molecule has 0 aliphatic carbocycles. The van der Waals surface area contributed by atoms with E-state index in [2.05, 4.69) is 26.0 Å². The van der Waals surface area contributed by atoms with E-state index in [0.717, 1.165) is 22.0 Å². The number of hydrogen-bond acceptors (Lipinski definition) is 8. The molecule has 0 radical (unpaired) electrons. The number of nitrogens with one attached hydrogen (secondary N) is 3. The van der Waals surface area contributed by atoms with Crippen LogP contribution in [-0.4, -0.2) is 82.9 Å². The van der Waals surface area contributed by atoms with E-state index in [9.17, 15) is 14.4 Å². The number of carbonyl (C=O) groups is 3. The lowest BCUT2D eigenvalue weighted by molar-refractivity contribution is -0.179. The number of carbonyl (C=O) groups excluding carboxylic acids is 3. The number of rotatable bonds is 15. The van der Waals surface area contributed by atoms with Gasteiger partial charge in [0.2, 0.25) is 11.8 Å². The van der Waals surface area contributed by atoms with Crippen LogP contribution in [0, 0.1) is 0 Å². The second-order valence-electron chi connectivity index (χ2n) is 9.77. The third-order valence-electron chi connectivity index (χ3n) is 6.51. The highest BCUT2D eigenvalue weighted by Crippen LogP contribution is 2.21. The first kappa shape index (κ1) is 32.4. The van der Waals surface area contributed by atoms with Crippen LogP contribution in [0.1, 0.15) is 38.8 Å². The molecule has 0 saturated carbocycles. The number of para-hydroxylation sites is 1. The van der Waals surface area contributed by atoms with E-state index in [1.54, 1.807) is 49.6 Å². The standard InChI is InChI=1S/C30H41N7O5/c1-6-41-29(42-7-2)22(4)37(19-25-11-8-10-24-12-9-15-32-27(24)25)28(39)21(3)34-26(38)20-36(5)35-30(40)33-18-23-13-16-31-17-14-23/h8-17,21-22,29H,6-7,18-20H2,1-5H3,(H,34,38)(H2,33,35,40)/t21-,22-/m0/s1. The Kier molecular flexibility index (Phi) is 12.6. The third kappa shape index (κ3) is 9.47. The number of amides is 4. The zero-order valence-electron chi connectivity index (χ0n) is 24.9. The van der Waals surface area contributed by atoms with Crippen LogP contribution in [0.15, 0.2) is 61.1 Å². The lowest BCUT2D eigenvalue weighted by atomic mass is 10.1. The number of pyridine rings is 2. The molecule has 0 unspecified atom stereocenters. The molecule has 226 valence electrons. The molecule has 2 heterocycles. The summed E-state index contributed by atoms with van der Waals surface area (Å²) in [6.07, 6.45) is 4.35. The second kappa shape index (κ2) is 16.3. The molecule has 2 atom stereocenters. The number of likely N-dealkylation sites (N-methyl/N-ethyl adjacent to an activating group) is 1. The summed E-state index contributed by atoms with van der Waals surface area (Å²) in [4.78, 5) is 49.0. The number of ether oxygens (including phenoxy) is 2. The maximum absolute atomic E-state index is 13.8. The lowest BCUT2D eigenvalue weighted by Gasteiger charge is -2.36. The lowest BCUT2D eigenvalue weighted by Crippen LogP contribution is -2.55. The minimum absolute atomic E-state index is 0.163. The molecule has 12 heteroatoms. The predicted molar refractivity (Wildman–Crippen MR) is 159 cm³/mol. The number of aromatic nitrogens is 2. The molecule has 0 fully saturated rings. The van der Waals surface area contributed by atoms with Crippen molar-refractivity contribution in [1.29, 1.82) is 0 Å². The quantitative estimate of drug-likeness (QED) is 0.185. The molecule has 0 saturated heterocycles. The van der Waals surface area contributed by atoms with E-state index < -0.39 is 30.3 Å². The van der Waals surface area contributed by atoms with E-state index in [4.69, 9.17) is 9.47 Å². The Bertz CT molecular complexity index is 1300. The van der Waals surface area contributed by atoms with Crippen molar-refractivity contribution in [1.82, 2.24) is 35.9 Å². The molecule has 42 heavy (non-hydrogen) atoms. The Morgan fingerprint density at radius 2 is 1.64 bits per heavy atom. The van der Waals surface area contributed by atoms with Crippen LogP contribution >= 0.6 is 0 Å². The van der Waals surface area contributed by atoms with Gasteiger partial charge in [-0.2, -0.15) is 0 Å². The monoisotopic (exact) mass is 579 g/mol. The average Bonchev–Trinajstić information content (AvgIpc) is 2.98. The second-order valence-corrected chi connectivity index (χ2v) is 9.77. The van der Waals surface area contributed by atoms with Crippen molar-refractivity contribution in [2.24, 2.45) is 0 Å². The van der Waals surface area contributed by atoms with Crippen molar-refractivity contribution in [2.75, 3.05) is 26.8 Å². The average molecular weight is 580 g/mol. The number of nitrogens with zero attached hydrogens (tertiary/aromatic N) is 4. The smallest absolute Gasteiger partial charge is 0.329 e. The fourth-order valence-corrected chi connectivity index (χ4v) is 4.45. The van der Waals surface area contributed by atoms with Gasteiger partial charge in [0.1, 0.15) is 6.04 Å². The van der Waals surface area contributed by atoms with Crippen LogP contribution in [0.3, 0.4) is 0 Å². The van der Waals surface area contributed by atoms with Gasteiger partial charge in [-0.3, -0.25) is 25.0 Å². The summed E-state index contributed by atoms with van der Waals surface area (Å²) in [5.41, 5.74) is 5.13. The summed E-state index contributed by atoms with van der Waals surface area (Å²) in [5.74, 6) is -0.739. The van der Waals surface area contributed by atoms with Crippen molar-refractivity contribution in [3.05, 3.63) is 72.2 Å². The summed E-state index contributed by atoms with van der Waals surface area (Å²) < 4.78 is 11.6. The Balaban J connectivity index is 1.66. The van der Waals surface area contributed by atoms with Gasteiger partial charge in [-0.15, -0.1) is 0 Å².